The first-order valence-electron chi connectivity index (χ1n) is 12.1. The molecule has 0 saturated heterocycles. The number of nitrogens with zero attached hydrogens (tertiary/aromatic N) is 3. The van der Waals surface area contributed by atoms with E-state index in [1.807, 2.05) is 6.07 Å². The lowest BCUT2D eigenvalue weighted by Gasteiger charge is -2.19. The minimum atomic E-state index is 0.0802. The molecule has 0 N–H and O–H groups in total. The zero-order chi connectivity index (χ0) is 25.0. The van der Waals surface area contributed by atoms with E-state index in [1.165, 1.54) is 32.9 Å². The number of nitriles is 1. The quantitative estimate of drug-likeness (QED) is 0.267. The molecule has 5 aromatic rings. The summed E-state index contributed by atoms with van der Waals surface area (Å²) in [6.45, 7) is 13.6. The molecule has 0 amide bonds. The summed E-state index contributed by atoms with van der Waals surface area (Å²) in [5, 5.41) is 11.8. The van der Waals surface area contributed by atoms with Crippen LogP contribution in [-0.2, 0) is 10.8 Å². The zero-order valence-corrected chi connectivity index (χ0v) is 21.3. The molecule has 0 unspecified atom stereocenters. The van der Waals surface area contributed by atoms with Crippen LogP contribution in [0.2, 0.25) is 0 Å². The molecule has 0 bridgehead atoms. The van der Waals surface area contributed by atoms with Crippen molar-refractivity contribution in [3.63, 3.8) is 0 Å². The Morgan fingerprint density at radius 2 is 1.23 bits per heavy atom. The van der Waals surface area contributed by atoms with Crippen LogP contribution in [0.5, 0.6) is 0 Å². The Balaban J connectivity index is 1.72. The number of hydrogen-bond donors (Lipinski definition) is 0. The Kier molecular flexibility index (Phi) is 5.29. The maximum absolute atomic E-state index is 9.24. The van der Waals surface area contributed by atoms with Crippen LogP contribution in [-0.4, -0.2) is 9.55 Å². The molecule has 0 atom stereocenters. The number of fused-ring (bicyclic) bond motifs is 3. The molecule has 2 heterocycles. The summed E-state index contributed by atoms with van der Waals surface area (Å²) in [7, 11) is 0. The van der Waals surface area contributed by atoms with Crippen molar-refractivity contribution < 1.29 is 0 Å². The van der Waals surface area contributed by atoms with Crippen molar-refractivity contribution >= 4 is 21.8 Å². The summed E-state index contributed by atoms with van der Waals surface area (Å²) in [5.41, 5.74) is 8.77. The number of pyridine rings is 1. The first kappa shape index (κ1) is 22.9. The van der Waals surface area contributed by atoms with Gasteiger partial charge in [0.05, 0.1) is 28.4 Å². The molecule has 0 spiro atoms. The van der Waals surface area contributed by atoms with Crippen LogP contribution < -0.4 is 0 Å². The minimum absolute atomic E-state index is 0.0802. The van der Waals surface area contributed by atoms with Gasteiger partial charge in [-0.2, -0.15) is 5.26 Å². The molecule has 2 aromatic heterocycles. The van der Waals surface area contributed by atoms with Gasteiger partial charge in [-0.3, -0.25) is 4.98 Å². The molecule has 5 rings (SSSR count). The van der Waals surface area contributed by atoms with Crippen molar-refractivity contribution in [2.75, 3.05) is 0 Å². The second kappa shape index (κ2) is 8.10. The van der Waals surface area contributed by atoms with Crippen molar-refractivity contribution in [3.05, 3.63) is 95.7 Å². The molecule has 0 aliphatic heterocycles. The Bertz CT molecular complexity index is 1530. The van der Waals surface area contributed by atoms with E-state index in [0.717, 1.165) is 16.9 Å². The molecule has 3 heteroatoms. The normalized spacial score (nSPS) is 12.3. The third-order valence-corrected chi connectivity index (χ3v) is 6.81. The molecule has 0 fully saturated rings. The van der Waals surface area contributed by atoms with Crippen molar-refractivity contribution in [1.29, 1.82) is 5.26 Å². The van der Waals surface area contributed by atoms with Crippen LogP contribution in [0.4, 0.5) is 0 Å². The van der Waals surface area contributed by atoms with Gasteiger partial charge in [0.25, 0.3) is 0 Å². The highest BCUT2D eigenvalue weighted by molar-refractivity contribution is 6.09. The molecular weight excluding hydrogens is 426 g/mol. The van der Waals surface area contributed by atoms with Gasteiger partial charge in [-0.15, -0.1) is 0 Å². The maximum atomic E-state index is 9.24. The van der Waals surface area contributed by atoms with E-state index >= 15 is 0 Å². The Hall–Kier alpha value is -3.90. The largest absolute Gasteiger partial charge is 0.309 e. The fourth-order valence-corrected chi connectivity index (χ4v) is 4.67. The standard InChI is InChI=1S/C32H31N3/c1-31(2,3)23-9-13-29-26(18-23)27-19-24(32(4,5)6)10-14-30(27)35(29)25-11-7-22(8-12-25)28-17-21(20-33)15-16-34-28/h7-19H,1-6H3. The SMILES string of the molecule is CC(C)(C)c1ccc2c(c1)c1cc(C(C)(C)C)ccc1n2-c1ccc(-c2cc(C#N)ccn2)cc1. The maximum Gasteiger partial charge on any atom is 0.0992 e. The monoisotopic (exact) mass is 457 g/mol. The first-order chi connectivity index (χ1) is 16.6. The van der Waals surface area contributed by atoms with Gasteiger partial charge in [0.15, 0.2) is 0 Å². The molecule has 3 aromatic carbocycles. The molecule has 174 valence electrons. The average Bonchev–Trinajstić information content (AvgIpc) is 3.16. The number of hydrogen-bond acceptors (Lipinski definition) is 2. The van der Waals surface area contributed by atoms with Gasteiger partial charge < -0.3 is 4.57 Å². The van der Waals surface area contributed by atoms with Crippen molar-refractivity contribution in [2.45, 2.75) is 52.4 Å². The van der Waals surface area contributed by atoms with Crippen molar-refractivity contribution in [3.8, 4) is 23.0 Å². The molecule has 35 heavy (non-hydrogen) atoms. The van der Waals surface area contributed by atoms with E-state index in [2.05, 4.69) is 118 Å². The highest BCUT2D eigenvalue weighted by Gasteiger charge is 2.20. The van der Waals surface area contributed by atoms with Crippen LogP contribution in [0, 0.1) is 11.3 Å². The topological polar surface area (TPSA) is 41.6 Å². The van der Waals surface area contributed by atoms with Gasteiger partial charge in [0.1, 0.15) is 0 Å². The van der Waals surface area contributed by atoms with Gasteiger partial charge in [0.2, 0.25) is 0 Å². The average molecular weight is 458 g/mol. The van der Waals surface area contributed by atoms with E-state index in [0.29, 0.717) is 5.56 Å². The third-order valence-electron chi connectivity index (χ3n) is 6.81. The van der Waals surface area contributed by atoms with Crippen molar-refractivity contribution in [1.82, 2.24) is 9.55 Å². The summed E-state index contributed by atoms with van der Waals surface area (Å²) in [4.78, 5) is 4.46. The van der Waals surface area contributed by atoms with E-state index < -0.39 is 0 Å². The lowest BCUT2D eigenvalue weighted by atomic mass is 9.85. The Morgan fingerprint density at radius 1 is 0.686 bits per heavy atom. The van der Waals surface area contributed by atoms with E-state index in [4.69, 9.17) is 0 Å². The van der Waals surface area contributed by atoms with Crippen LogP contribution in [0.1, 0.15) is 58.2 Å². The highest BCUT2D eigenvalue weighted by Crippen LogP contribution is 2.37. The van der Waals surface area contributed by atoms with Gasteiger partial charge in [-0.1, -0.05) is 65.8 Å². The van der Waals surface area contributed by atoms with Gasteiger partial charge in [-0.05, 0) is 70.5 Å². The highest BCUT2D eigenvalue weighted by atomic mass is 15.0. The molecule has 0 radical (unpaired) electrons. The summed E-state index contributed by atoms with van der Waals surface area (Å²) >= 11 is 0. The van der Waals surface area contributed by atoms with Crippen LogP contribution in [0.25, 0.3) is 38.8 Å². The predicted octanol–water partition coefficient (Wildman–Crippen LogP) is 8.31. The van der Waals surface area contributed by atoms with Crippen LogP contribution in [0.3, 0.4) is 0 Å². The van der Waals surface area contributed by atoms with Gasteiger partial charge in [0, 0.05) is 28.2 Å². The molecule has 0 aliphatic rings. The zero-order valence-electron chi connectivity index (χ0n) is 21.3. The smallest absolute Gasteiger partial charge is 0.0992 e. The predicted molar refractivity (Wildman–Crippen MR) is 146 cm³/mol. The summed E-state index contributed by atoms with van der Waals surface area (Å²) in [5.74, 6) is 0. The number of aromatic nitrogens is 2. The Morgan fingerprint density at radius 3 is 1.71 bits per heavy atom. The van der Waals surface area contributed by atoms with Crippen molar-refractivity contribution in [2.24, 2.45) is 0 Å². The summed E-state index contributed by atoms with van der Waals surface area (Å²) < 4.78 is 2.35. The van der Waals surface area contributed by atoms with Gasteiger partial charge in [-0.25, -0.2) is 0 Å². The van der Waals surface area contributed by atoms with Crippen LogP contribution >= 0.6 is 0 Å². The fraction of sp³-hybridized carbons (Fsp3) is 0.250. The minimum Gasteiger partial charge on any atom is -0.309 e. The first-order valence-corrected chi connectivity index (χ1v) is 12.1. The van der Waals surface area contributed by atoms with E-state index in [-0.39, 0.29) is 10.8 Å². The lowest BCUT2D eigenvalue weighted by molar-refractivity contribution is 0.590. The molecular formula is C32H31N3. The number of rotatable bonds is 2. The summed E-state index contributed by atoms with van der Waals surface area (Å²) in [6, 6.07) is 28.0. The molecule has 0 aliphatic carbocycles. The summed E-state index contributed by atoms with van der Waals surface area (Å²) in [6.07, 6.45) is 1.69. The number of benzene rings is 3. The lowest BCUT2D eigenvalue weighted by Crippen LogP contribution is -2.10. The van der Waals surface area contributed by atoms with E-state index in [1.54, 1.807) is 12.3 Å². The van der Waals surface area contributed by atoms with E-state index in [9.17, 15) is 5.26 Å². The molecule has 3 nitrogen and oxygen atoms in total. The Labute approximate surface area is 207 Å². The van der Waals surface area contributed by atoms with Gasteiger partial charge >= 0.3 is 0 Å². The molecule has 0 saturated carbocycles. The van der Waals surface area contributed by atoms with Crippen LogP contribution in [0.15, 0.2) is 79.0 Å². The second-order valence-corrected chi connectivity index (χ2v) is 11.4. The fourth-order valence-electron chi connectivity index (χ4n) is 4.67. The third kappa shape index (κ3) is 4.10. The second-order valence-electron chi connectivity index (χ2n) is 11.4.